The summed E-state index contributed by atoms with van der Waals surface area (Å²) in [7, 11) is 3.12. The van der Waals surface area contributed by atoms with Gasteiger partial charge in [-0.1, -0.05) is 23.1 Å². The Morgan fingerprint density at radius 3 is 2.70 bits per heavy atom. The summed E-state index contributed by atoms with van der Waals surface area (Å²) in [4.78, 5) is 28.1. The van der Waals surface area contributed by atoms with Crippen LogP contribution in [0.4, 0.5) is 5.13 Å². The zero-order valence-electron chi connectivity index (χ0n) is 13.2. The largest absolute Gasteiger partial charge is 0.496 e. The van der Waals surface area contributed by atoms with Gasteiger partial charge in [0, 0.05) is 18.9 Å². The maximum Gasteiger partial charge on any atom is 0.254 e. The van der Waals surface area contributed by atoms with E-state index in [2.05, 4.69) is 15.6 Å². The van der Waals surface area contributed by atoms with Gasteiger partial charge in [0.15, 0.2) is 5.13 Å². The zero-order chi connectivity index (χ0) is 17.0. The molecule has 0 fully saturated rings. The van der Waals surface area contributed by atoms with Crippen molar-refractivity contribution in [1.29, 1.82) is 0 Å². The number of nitrogens with zero attached hydrogens (tertiary/aromatic N) is 1. The highest BCUT2D eigenvalue weighted by Gasteiger charge is 2.15. The minimum Gasteiger partial charge on any atom is -0.496 e. The van der Waals surface area contributed by atoms with Crippen LogP contribution in [0.2, 0.25) is 0 Å². The molecule has 2 aromatic rings. The maximum atomic E-state index is 12.0. The molecule has 1 aromatic carbocycles. The number of hydrogen-bond donors (Lipinski definition) is 2. The Bertz CT molecular complexity index is 744. The lowest BCUT2D eigenvalue weighted by Crippen LogP contribution is -2.18. The molecule has 0 bridgehead atoms. The molecule has 2 N–H and O–H groups in total. The van der Waals surface area contributed by atoms with Crippen LogP contribution < -0.4 is 15.4 Å². The quantitative estimate of drug-likeness (QED) is 0.866. The van der Waals surface area contributed by atoms with E-state index in [1.165, 1.54) is 37.1 Å². The van der Waals surface area contributed by atoms with E-state index in [4.69, 9.17) is 4.74 Å². The summed E-state index contributed by atoms with van der Waals surface area (Å²) < 4.78 is 6.20. The van der Waals surface area contributed by atoms with Crippen molar-refractivity contribution in [3.05, 3.63) is 29.5 Å². The van der Waals surface area contributed by atoms with Crippen LogP contribution in [0.25, 0.3) is 0 Å². The number of carbonyl (C=O) groups excluding carboxylic acids is 2. The molecule has 1 heterocycles. The number of nitrogens with one attached hydrogen (secondary N) is 2. The number of benzene rings is 1. The Morgan fingerprint density at radius 1 is 1.35 bits per heavy atom. The summed E-state index contributed by atoms with van der Waals surface area (Å²) >= 11 is 2.88. The number of methoxy groups -OCH3 is 1. The van der Waals surface area contributed by atoms with Crippen molar-refractivity contribution in [2.75, 3.05) is 19.5 Å². The van der Waals surface area contributed by atoms with Crippen molar-refractivity contribution in [3.63, 3.8) is 0 Å². The van der Waals surface area contributed by atoms with E-state index >= 15 is 0 Å². The molecule has 8 heteroatoms. The normalized spacial score (nSPS) is 10.3. The number of aromatic nitrogens is 1. The predicted molar refractivity (Wildman–Crippen MR) is 91.7 cm³/mol. The fourth-order valence-corrected chi connectivity index (χ4v) is 3.86. The minimum absolute atomic E-state index is 0.154. The molecule has 0 unspecified atom stereocenters. The molecule has 0 aliphatic carbocycles. The summed E-state index contributed by atoms with van der Waals surface area (Å²) in [6.07, 6.45) is 1.70. The van der Waals surface area contributed by atoms with Gasteiger partial charge in [0.1, 0.15) is 5.75 Å². The van der Waals surface area contributed by atoms with Gasteiger partial charge < -0.3 is 15.4 Å². The molecule has 2 amide bonds. The lowest BCUT2D eigenvalue weighted by molar-refractivity contribution is -0.114. The molecule has 0 aliphatic heterocycles. The van der Waals surface area contributed by atoms with E-state index in [1.807, 2.05) is 13.0 Å². The third-order valence-electron chi connectivity index (χ3n) is 2.95. The monoisotopic (exact) mass is 351 g/mol. The highest BCUT2D eigenvalue weighted by molar-refractivity contribution is 8.01. The molecule has 2 rings (SSSR count). The summed E-state index contributed by atoms with van der Waals surface area (Å²) in [6, 6.07) is 3.64. The van der Waals surface area contributed by atoms with Crippen molar-refractivity contribution >= 4 is 40.0 Å². The standard InChI is InChI=1S/C15H17N3O3S2/c1-8-5-11(21-4)10(14(20)16-3)6-12(8)22-13-7-17-15(23-13)18-9(2)19/h5-7H,1-4H3,(H,16,20)(H,17,18,19). The summed E-state index contributed by atoms with van der Waals surface area (Å²) in [5.41, 5.74) is 1.48. The average Bonchev–Trinajstić information content (AvgIpc) is 2.94. The number of amides is 2. The minimum atomic E-state index is -0.202. The van der Waals surface area contributed by atoms with Gasteiger partial charge in [-0.05, 0) is 24.6 Å². The molecule has 0 saturated heterocycles. The van der Waals surface area contributed by atoms with Gasteiger partial charge in [0.25, 0.3) is 5.91 Å². The zero-order valence-corrected chi connectivity index (χ0v) is 14.9. The van der Waals surface area contributed by atoms with Crippen LogP contribution in [0.1, 0.15) is 22.8 Å². The molecule has 0 saturated carbocycles. The van der Waals surface area contributed by atoms with Crippen molar-refractivity contribution < 1.29 is 14.3 Å². The van der Waals surface area contributed by atoms with E-state index in [-0.39, 0.29) is 11.8 Å². The summed E-state index contributed by atoms with van der Waals surface area (Å²) in [6.45, 7) is 3.39. The Labute approximate surface area is 142 Å². The van der Waals surface area contributed by atoms with Crippen LogP contribution >= 0.6 is 23.1 Å². The van der Waals surface area contributed by atoms with Crippen LogP contribution in [0.5, 0.6) is 5.75 Å². The van der Waals surface area contributed by atoms with Crippen molar-refractivity contribution in [2.24, 2.45) is 0 Å². The molecule has 122 valence electrons. The summed E-state index contributed by atoms with van der Waals surface area (Å²) in [5.74, 6) is 0.180. The highest BCUT2D eigenvalue weighted by Crippen LogP contribution is 2.38. The molecule has 0 radical (unpaired) electrons. The summed E-state index contributed by atoms with van der Waals surface area (Å²) in [5, 5.41) is 5.81. The molecule has 0 atom stereocenters. The molecular formula is C15H17N3O3S2. The fourth-order valence-electron chi connectivity index (χ4n) is 1.88. The second-order valence-corrected chi connectivity index (χ2v) is 7.04. The number of carbonyl (C=O) groups is 2. The first-order valence-corrected chi connectivity index (χ1v) is 8.40. The van der Waals surface area contributed by atoms with Crippen molar-refractivity contribution in [3.8, 4) is 5.75 Å². The van der Waals surface area contributed by atoms with Gasteiger partial charge in [0.2, 0.25) is 5.91 Å². The Hall–Kier alpha value is -2.06. The number of rotatable bonds is 5. The first-order valence-electron chi connectivity index (χ1n) is 6.76. The third-order valence-corrected chi connectivity index (χ3v) is 5.12. The number of thiazole rings is 1. The van der Waals surface area contributed by atoms with Gasteiger partial charge in [-0.25, -0.2) is 4.98 Å². The topological polar surface area (TPSA) is 80.3 Å². The number of ether oxygens (including phenoxy) is 1. The van der Waals surface area contributed by atoms with Crippen molar-refractivity contribution in [2.45, 2.75) is 23.0 Å². The van der Waals surface area contributed by atoms with Crippen LogP contribution in [-0.4, -0.2) is 31.0 Å². The van der Waals surface area contributed by atoms with E-state index < -0.39 is 0 Å². The van der Waals surface area contributed by atoms with E-state index in [1.54, 1.807) is 19.3 Å². The van der Waals surface area contributed by atoms with Gasteiger partial charge in [-0.15, -0.1) is 0 Å². The lowest BCUT2D eigenvalue weighted by Gasteiger charge is -2.12. The van der Waals surface area contributed by atoms with Crippen LogP contribution in [0.3, 0.4) is 0 Å². The average molecular weight is 351 g/mol. The lowest BCUT2D eigenvalue weighted by atomic mass is 10.1. The number of aryl methyl sites for hydroxylation is 1. The molecule has 0 aliphatic rings. The van der Waals surface area contributed by atoms with Gasteiger partial charge in [0.05, 0.1) is 23.1 Å². The van der Waals surface area contributed by atoms with Crippen LogP contribution in [0, 0.1) is 6.92 Å². The maximum absolute atomic E-state index is 12.0. The second-order valence-electron chi connectivity index (χ2n) is 4.66. The Kier molecular flexibility index (Phi) is 5.62. The molecule has 6 nitrogen and oxygen atoms in total. The molecular weight excluding hydrogens is 334 g/mol. The molecule has 0 spiro atoms. The third kappa shape index (κ3) is 4.23. The fraction of sp³-hybridized carbons (Fsp3) is 0.267. The highest BCUT2D eigenvalue weighted by atomic mass is 32.2. The van der Waals surface area contributed by atoms with E-state index in [0.717, 1.165) is 14.7 Å². The first kappa shape index (κ1) is 17.3. The van der Waals surface area contributed by atoms with Gasteiger partial charge >= 0.3 is 0 Å². The second kappa shape index (κ2) is 7.47. The predicted octanol–water partition coefficient (Wildman–Crippen LogP) is 2.93. The van der Waals surface area contributed by atoms with E-state index in [0.29, 0.717) is 16.4 Å². The number of hydrogen-bond acceptors (Lipinski definition) is 6. The Balaban J connectivity index is 2.30. The molecule has 1 aromatic heterocycles. The SMILES string of the molecule is CNC(=O)c1cc(Sc2cnc(NC(C)=O)s2)c(C)cc1OC. The first-order chi connectivity index (χ1) is 10.9. The molecule has 23 heavy (non-hydrogen) atoms. The van der Waals surface area contributed by atoms with Gasteiger partial charge in [-0.3, -0.25) is 9.59 Å². The van der Waals surface area contributed by atoms with Crippen LogP contribution in [-0.2, 0) is 4.79 Å². The van der Waals surface area contributed by atoms with E-state index in [9.17, 15) is 9.59 Å². The smallest absolute Gasteiger partial charge is 0.254 e. The van der Waals surface area contributed by atoms with Gasteiger partial charge in [-0.2, -0.15) is 0 Å². The van der Waals surface area contributed by atoms with Crippen LogP contribution in [0.15, 0.2) is 27.4 Å². The number of anilines is 1. The Morgan fingerprint density at radius 2 is 2.09 bits per heavy atom. The van der Waals surface area contributed by atoms with Crippen molar-refractivity contribution in [1.82, 2.24) is 10.3 Å².